The van der Waals surface area contributed by atoms with Gasteiger partial charge in [0.1, 0.15) is 43.2 Å². The van der Waals surface area contributed by atoms with Crippen molar-refractivity contribution in [2.24, 2.45) is 0 Å². The van der Waals surface area contributed by atoms with Crippen molar-refractivity contribution >= 4 is 19.8 Å². The van der Waals surface area contributed by atoms with E-state index < -0.39 is 87.9 Å². The largest absolute Gasteiger partial charge is 0.472 e. The Morgan fingerprint density at radius 1 is 0.569 bits per heavy atom. The predicted molar refractivity (Wildman–Crippen MR) is 251 cm³/mol. The number of ether oxygens (including phenoxy) is 2. The summed E-state index contributed by atoms with van der Waals surface area (Å²) in [6, 6.07) is 0. The molecule has 0 aromatic heterocycles. The van der Waals surface area contributed by atoms with Gasteiger partial charge in [-0.1, -0.05) is 150 Å². The highest BCUT2D eigenvalue weighted by molar-refractivity contribution is 7.47. The van der Waals surface area contributed by atoms with Gasteiger partial charge in [-0.15, -0.1) is 0 Å². The van der Waals surface area contributed by atoms with Gasteiger partial charge in [-0.05, 0) is 64.2 Å². The summed E-state index contributed by atoms with van der Waals surface area (Å²) in [4.78, 5) is 35.7. The summed E-state index contributed by atoms with van der Waals surface area (Å²) in [5.41, 5.74) is 0. The van der Waals surface area contributed by atoms with Crippen LogP contribution in [0, 0.1) is 0 Å². The van der Waals surface area contributed by atoms with Crippen molar-refractivity contribution in [3.8, 4) is 0 Å². The van der Waals surface area contributed by atoms with E-state index in [0.29, 0.717) is 32.1 Å². The smallest absolute Gasteiger partial charge is 0.462 e. The second-order valence-corrected chi connectivity index (χ2v) is 17.7. The number of unbranched alkanes of at least 4 members (excludes halogenated alkanes) is 11. The molecular weight excluding hydrogens is 859 g/mol. The molecule has 0 aromatic carbocycles. The van der Waals surface area contributed by atoms with Crippen molar-refractivity contribution in [1.29, 1.82) is 0 Å². The molecule has 10 atom stereocenters. The monoisotopic (exact) mass is 941 g/mol. The van der Waals surface area contributed by atoms with Crippen LogP contribution in [0.1, 0.15) is 142 Å². The lowest BCUT2D eigenvalue weighted by atomic mass is 9.85. The Labute approximate surface area is 387 Å². The summed E-state index contributed by atoms with van der Waals surface area (Å²) in [6.07, 6.45) is 28.4. The molecule has 372 valence electrons. The average Bonchev–Trinajstić information content (AvgIpc) is 3.28. The molecule has 0 spiro atoms. The quantitative estimate of drug-likeness (QED) is 0.0101. The number of aliphatic hydroxyl groups excluding tert-OH is 7. The lowest BCUT2D eigenvalue weighted by molar-refractivity contribution is -0.220. The maximum Gasteiger partial charge on any atom is 0.472 e. The van der Waals surface area contributed by atoms with Crippen molar-refractivity contribution in [3.63, 3.8) is 0 Å². The number of aliphatic hydroxyl groups is 7. The molecule has 65 heavy (non-hydrogen) atoms. The van der Waals surface area contributed by atoms with E-state index in [1.54, 1.807) is 42.5 Å². The third-order valence-electron chi connectivity index (χ3n) is 10.4. The summed E-state index contributed by atoms with van der Waals surface area (Å²) in [5.74, 6) is -1.28. The summed E-state index contributed by atoms with van der Waals surface area (Å²) in [5, 5.41) is 70.1. The molecule has 1 aliphatic carbocycles. The minimum atomic E-state index is -5.17. The molecular formula is C49H81O15P. The van der Waals surface area contributed by atoms with Gasteiger partial charge in [-0.2, -0.15) is 0 Å². The number of phosphoric ester groups is 1. The maximum absolute atomic E-state index is 12.8. The summed E-state index contributed by atoms with van der Waals surface area (Å²) in [6.45, 7) is 2.94. The summed E-state index contributed by atoms with van der Waals surface area (Å²) >= 11 is 0. The molecule has 0 amide bonds. The fourth-order valence-corrected chi connectivity index (χ4v) is 7.51. The average molecular weight is 941 g/mol. The van der Waals surface area contributed by atoms with Gasteiger partial charge in [0.25, 0.3) is 0 Å². The molecule has 1 fully saturated rings. The molecule has 0 saturated heterocycles. The molecule has 0 aromatic rings. The minimum Gasteiger partial charge on any atom is -0.462 e. The molecule has 16 heteroatoms. The van der Waals surface area contributed by atoms with Crippen molar-refractivity contribution in [3.05, 3.63) is 85.1 Å². The number of hydrogen-bond donors (Lipinski definition) is 8. The number of phosphoric acid groups is 1. The van der Waals surface area contributed by atoms with Crippen LogP contribution in [0.4, 0.5) is 0 Å². The summed E-state index contributed by atoms with van der Waals surface area (Å²) < 4.78 is 33.4. The van der Waals surface area contributed by atoms with E-state index in [-0.39, 0.29) is 12.8 Å². The zero-order valence-electron chi connectivity index (χ0n) is 38.7. The van der Waals surface area contributed by atoms with Crippen LogP contribution in [-0.2, 0) is 32.7 Å². The number of carbonyl (C=O) groups excluding carboxylic acids is 2. The first-order valence-electron chi connectivity index (χ1n) is 23.6. The van der Waals surface area contributed by atoms with Gasteiger partial charge in [-0.25, -0.2) is 4.57 Å². The third-order valence-corrected chi connectivity index (χ3v) is 11.4. The van der Waals surface area contributed by atoms with Crippen LogP contribution < -0.4 is 0 Å². The van der Waals surface area contributed by atoms with Crippen molar-refractivity contribution < 1.29 is 73.3 Å². The molecule has 1 aliphatic rings. The molecule has 0 radical (unpaired) electrons. The highest BCUT2D eigenvalue weighted by atomic mass is 31.2. The van der Waals surface area contributed by atoms with Crippen LogP contribution >= 0.6 is 7.82 Å². The van der Waals surface area contributed by atoms with Crippen LogP contribution in [0.15, 0.2) is 85.1 Å². The Morgan fingerprint density at radius 3 is 1.66 bits per heavy atom. The van der Waals surface area contributed by atoms with Crippen molar-refractivity contribution in [2.75, 3.05) is 13.2 Å². The van der Waals surface area contributed by atoms with Crippen LogP contribution in [0.2, 0.25) is 0 Å². The molecule has 8 N–H and O–H groups in total. The maximum atomic E-state index is 12.8. The topological polar surface area (TPSA) is 250 Å². The van der Waals surface area contributed by atoms with Gasteiger partial charge < -0.3 is 50.1 Å². The van der Waals surface area contributed by atoms with Crippen LogP contribution in [-0.4, -0.2) is 121 Å². The zero-order chi connectivity index (χ0) is 48.1. The van der Waals surface area contributed by atoms with Crippen LogP contribution in [0.25, 0.3) is 0 Å². The number of rotatable bonds is 37. The van der Waals surface area contributed by atoms with E-state index in [1.165, 1.54) is 38.5 Å². The normalized spacial score (nSPS) is 23.2. The fourth-order valence-electron chi connectivity index (χ4n) is 6.54. The SMILES string of the molecule is CC/C=C\C[C@@H](O)/C=C/C=C\C=C\[C@@H](O)C/C=C\C/C=C\CCC(=O)OC[C@H](COP(=O)(O)OC1[C@H](O)[C@H](O)C(O)[C@H](O)[C@H]1O)OC(=O)CCCCCCC/C=C\CCCCCCCC. The standard InChI is InChI=1S/C49H81O15P/c1-3-5-7-8-9-10-11-12-13-14-15-16-17-22-30-36-43(53)63-41(38-62-65(59,60)64-49-47(57)45(55)44(54)46(56)48(49)58)37-61-42(52)35-29-21-19-18-20-26-32-40(51)34-28-24-23-27-33-39(50)31-25-6-4-2/h6,12-13,19-21,23-28,33-34,39-41,44-51,54-58H,3-5,7-11,14-18,22,29-32,35-38H2,1-2H3,(H,59,60)/b13-12-,21-19-,24-23-,25-6-,26-20-,33-27+,34-28+/t39-,40+,41-,44?,45-,46+,47-,48-,49?/m1/s1. The Bertz CT molecular complexity index is 1490. The molecule has 0 bridgehead atoms. The van der Waals surface area contributed by atoms with Gasteiger partial charge in [0, 0.05) is 12.8 Å². The lowest BCUT2D eigenvalue weighted by Crippen LogP contribution is -2.64. The lowest BCUT2D eigenvalue weighted by Gasteiger charge is -2.41. The second-order valence-electron chi connectivity index (χ2n) is 16.3. The third kappa shape index (κ3) is 30.8. The molecule has 1 saturated carbocycles. The minimum absolute atomic E-state index is 0.0205. The van der Waals surface area contributed by atoms with E-state index in [9.17, 15) is 54.8 Å². The number of allylic oxidation sites excluding steroid dienone is 10. The number of hydrogen-bond acceptors (Lipinski definition) is 14. The van der Waals surface area contributed by atoms with Gasteiger partial charge in [0.05, 0.1) is 18.8 Å². The fraction of sp³-hybridized carbons (Fsp3) is 0.673. The number of carbonyl (C=O) groups is 2. The van der Waals surface area contributed by atoms with Gasteiger partial charge in [0.2, 0.25) is 0 Å². The second kappa shape index (κ2) is 38.0. The molecule has 1 rings (SSSR count). The van der Waals surface area contributed by atoms with E-state index >= 15 is 0 Å². The van der Waals surface area contributed by atoms with Crippen LogP contribution in [0.5, 0.6) is 0 Å². The summed E-state index contributed by atoms with van der Waals surface area (Å²) in [7, 11) is -5.17. The van der Waals surface area contributed by atoms with Gasteiger partial charge >= 0.3 is 19.8 Å². The van der Waals surface area contributed by atoms with Crippen molar-refractivity contribution in [2.45, 2.75) is 197 Å². The zero-order valence-corrected chi connectivity index (χ0v) is 39.6. The van der Waals surface area contributed by atoms with E-state index in [0.717, 1.165) is 44.9 Å². The van der Waals surface area contributed by atoms with Crippen LogP contribution in [0.3, 0.4) is 0 Å². The van der Waals surface area contributed by atoms with Gasteiger partial charge in [0.15, 0.2) is 6.10 Å². The molecule has 0 aliphatic heterocycles. The van der Waals surface area contributed by atoms with Crippen molar-refractivity contribution in [1.82, 2.24) is 0 Å². The first-order valence-corrected chi connectivity index (χ1v) is 25.1. The number of esters is 2. The Morgan fingerprint density at radius 2 is 1.08 bits per heavy atom. The molecule has 15 nitrogen and oxygen atoms in total. The first kappa shape index (κ1) is 60.0. The molecule has 0 heterocycles. The van der Waals surface area contributed by atoms with E-state index in [4.69, 9.17) is 18.5 Å². The first-order chi connectivity index (χ1) is 31.2. The van der Waals surface area contributed by atoms with E-state index in [2.05, 4.69) is 19.1 Å². The predicted octanol–water partition coefficient (Wildman–Crippen LogP) is 7.22. The molecule has 3 unspecified atom stereocenters. The Hall–Kier alpha value is -3.05. The Kier molecular flexibility index (Phi) is 35.0. The highest BCUT2D eigenvalue weighted by Crippen LogP contribution is 2.47. The Balaban J connectivity index is 2.56. The van der Waals surface area contributed by atoms with Gasteiger partial charge in [-0.3, -0.25) is 18.6 Å². The highest BCUT2D eigenvalue weighted by Gasteiger charge is 2.51. The van der Waals surface area contributed by atoms with E-state index in [1.807, 2.05) is 37.3 Å².